The normalized spacial score (nSPS) is 13.8. The number of nitrogens with two attached hydrogens (primary N) is 3. The average Bonchev–Trinajstić information content (AvgIpc) is 3.04. The molecule has 0 radical (unpaired) electrons. The van der Waals surface area contributed by atoms with Gasteiger partial charge in [-0.15, -0.1) is 0 Å². The van der Waals surface area contributed by atoms with Crippen molar-refractivity contribution in [1.82, 2.24) is 30.4 Å². The molecule has 0 saturated carbocycles. The summed E-state index contributed by atoms with van der Waals surface area (Å²) in [6.45, 7) is -0.390. The minimum atomic E-state index is -0.875. The van der Waals surface area contributed by atoms with E-state index in [9.17, 15) is 5.11 Å². The van der Waals surface area contributed by atoms with Crippen LogP contribution in [0.3, 0.4) is 0 Å². The zero-order valence-electron chi connectivity index (χ0n) is 13.8. The highest BCUT2D eigenvalue weighted by Gasteiger charge is 2.19. The third-order valence-corrected chi connectivity index (χ3v) is 3.13. The molecule has 27 heavy (non-hydrogen) atoms. The Morgan fingerprint density at radius 1 is 1.22 bits per heavy atom. The van der Waals surface area contributed by atoms with Crippen LogP contribution in [-0.2, 0) is 4.74 Å². The van der Waals surface area contributed by atoms with E-state index in [-0.39, 0.29) is 22.6 Å². The van der Waals surface area contributed by atoms with Crippen molar-refractivity contribution >= 4 is 64.1 Å². The number of thiocarbonyl (C=S) groups is 2. The van der Waals surface area contributed by atoms with Crippen LogP contribution in [0.5, 0.6) is 0 Å². The standard InChI is InChI=1S/C12H17N11O2S2/c13-9-8-10(17-4-16-9)23(5-18-8)7(2-20-22-12(15)27)25-6(3-24)1-19-21-11(14)26/h1-2,4-7,24H,3H2,(H2,13,16,17)(H3,14,21,26)(H3,15,22,27)/t6-,7?/m0/s1. The quantitative estimate of drug-likeness (QED) is 0.158. The maximum Gasteiger partial charge on any atom is 0.184 e. The fourth-order valence-electron chi connectivity index (χ4n) is 1.88. The molecule has 0 aliphatic heterocycles. The van der Waals surface area contributed by atoms with Crippen LogP contribution in [0.1, 0.15) is 6.23 Å². The first kappa shape index (κ1) is 20.3. The molecule has 0 aliphatic rings. The molecule has 2 rings (SSSR count). The zero-order chi connectivity index (χ0) is 19.8. The summed E-state index contributed by atoms with van der Waals surface area (Å²) in [6.07, 6.45) is 3.63. The zero-order valence-corrected chi connectivity index (χ0v) is 15.4. The molecule has 9 N–H and O–H groups in total. The van der Waals surface area contributed by atoms with Gasteiger partial charge < -0.3 is 27.0 Å². The minimum Gasteiger partial charge on any atom is -0.393 e. The van der Waals surface area contributed by atoms with Gasteiger partial charge >= 0.3 is 0 Å². The van der Waals surface area contributed by atoms with E-state index >= 15 is 0 Å². The Morgan fingerprint density at radius 2 is 1.89 bits per heavy atom. The van der Waals surface area contributed by atoms with Crippen molar-refractivity contribution in [1.29, 1.82) is 0 Å². The highest BCUT2D eigenvalue weighted by Crippen LogP contribution is 2.19. The number of hydrogen-bond acceptors (Lipinski definition) is 10. The lowest BCUT2D eigenvalue weighted by Gasteiger charge is -2.19. The van der Waals surface area contributed by atoms with Crippen LogP contribution in [0, 0.1) is 0 Å². The van der Waals surface area contributed by atoms with Crippen LogP contribution in [0.4, 0.5) is 5.82 Å². The van der Waals surface area contributed by atoms with Crippen molar-refractivity contribution in [3.8, 4) is 0 Å². The van der Waals surface area contributed by atoms with Crippen LogP contribution >= 0.6 is 24.4 Å². The van der Waals surface area contributed by atoms with Crippen molar-refractivity contribution in [3.05, 3.63) is 12.7 Å². The number of aliphatic hydroxyl groups is 1. The number of nitrogen functional groups attached to an aromatic ring is 1. The molecule has 13 nitrogen and oxygen atoms in total. The van der Waals surface area contributed by atoms with Gasteiger partial charge in [0.2, 0.25) is 0 Å². The van der Waals surface area contributed by atoms with Gasteiger partial charge in [0.05, 0.1) is 25.4 Å². The molecule has 0 saturated heterocycles. The number of aromatic nitrogens is 4. The summed E-state index contributed by atoms with van der Waals surface area (Å²) in [7, 11) is 0. The van der Waals surface area contributed by atoms with Gasteiger partial charge in [0.15, 0.2) is 27.9 Å². The maximum atomic E-state index is 9.53. The number of fused-ring (bicyclic) bond motifs is 1. The molecule has 0 fully saturated rings. The highest BCUT2D eigenvalue weighted by molar-refractivity contribution is 7.80. The summed E-state index contributed by atoms with van der Waals surface area (Å²) >= 11 is 9.34. The van der Waals surface area contributed by atoms with E-state index in [1.54, 1.807) is 0 Å². The molecule has 144 valence electrons. The predicted molar refractivity (Wildman–Crippen MR) is 108 cm³/mol. The fourth-order valence-corrected chi connectivity index (χ4v) is 1.99. The number of anilines is 1. The van der Waals surface area contributed by atoms with E-state index in [0.29, 0.717) is 11.2 Å². The summed E-state index contributed by atoms with van der Waals surface area (Å²) in [6, 6.07) is 0. The second-order valence-electron chi connectivity index (χ2n) is 4.84. The molecule has 2 aromatic heterocycles. The molecule has 0 bridgehead atoms. The Bertz CT molecular complexity index is 868. The van der Waals surface area contributed by atoms with Crippen molar-refractivity contribution in [3.63, 3.8) is 0 Å². The Balaban J connectivity index is 2.31. The van der Waals surface area contributed by atoms with Gasteiger partial charge in [-0.1, -0.05) is 0 Å². The Kier molecular flexibility index (Phi) is 7.24. The molecule has 2 heterocycles. The summed E-state index contributed by atoms with van der Waals surface area (Å²) in [5.41, 5.74) is 22.0. The molecule has 15 heteroatoms. The van der Waals surface area contributed by atoms with Crippen molar-refractivity contribution < 1.29 is 9.84 Å². The first-order valence-corrected chi connectivity index (χ1v) is 8.10. The predicted octanol–water partition coefficient (Wildman–Crippen LogP) is -2.08. The number of ether oxygens (including phenoxy) is 1. The largest absolute Gasteiger partial charge is 0.393 e. The lowest BCUT2D eigenvalue weighted by molar-refractivity contribution is 0.00129. The lowest BCUT2D eigenvalue weighted by atomic mass is 10.4. The van der Waals surface area contributed by atoms with Gasteiger partial charge in [-0.25, -0.2) is 15.0 Å². The maximum absolute atomic E-state index is 9.53. The third-order valence-electron chi connectivity index (χ3n) is 2.95. The second-order valence-corrected chi connectivity index (χ2v) is 5.72. The highest BCUT2D eigenvalue weighted by atomic mass is 32.1. The Hall–Kier alpha value is -3.01. The van der Waals surface area contributed by atoms with Gasteiger partial charge in [0, 0.05) is 0 Å². The van der Waals surface area contributed by atoms with Gasteiger partial charge in [-0.05, 0) is 24.4 Å². The molecule has 1 unspecified atom stereocenters. The van der Waals surface area contributed by atoms with E-state index in [0.717, 1.165) is 0 Å². The Morgan fingerprint density at radius 3 is 2.52 bits per heavy atom. The summed E-state index contributed by atoms with van der Waals surface area (Å²) in [4.78, 5) is 12.2. The molecule has 2 atom stereocenters. The van der Waals surface area contributed by atoms with Crippen molar-refractivity contribution in [2.45, 2.75) is 12.3 Å². The summed E-state index contributed by atoms with van der Waals surface area (Å²) in [5.74, 6) is 0.205. The number of imidazole rings is 1. The van der Waals surface area contributed by atoms with Crippen LogP contribution in [-0.4, -0.2) is 60.0 Å². The fraction of sp³-hybridized carbons (Fsp3) is 0.250. The van der Waals surface area contributed by atoms with Gasteiger partial charge in [0.1, 0.15) is 17.9 Å². The second kappa shape index (κ2) is 9.62. The number of rotatable bonds is 8. The van der Waals surface area contributed by atoms with Gasteiger partial charge in [-0.2, -0.15) is 10.2 Å². The Labute approximate surface area is 163 Å². The summed E-state index contributed by atoms with van der Waals surface area (Å²) < 4.78 is 7.30. The van der Waals surface area contributed by atoms with Crippen LogP contribution in [0.2, 0.25) is 0 Å². The van der Waals surface area contributed by atoms with E-state index in [1.165, 1.54) is 29.7 Å². The number of nitrogens with one attached hydrogen (secondary N) is 2. The van der Waals surface area contributed by atoms with E-state index in [2.05, 4.69) is 48.2 Å². The molecule has 0 amide bonds. The van der Waals surface area contributed by atoms with Gasteiger partial charge in [-0.3, -0.25) is 15.4 Å². The topological polar surface area (TPSA) is 200 Å². The first-order chi connectivity index (χ1) is 12.9. The molecule has 2 aromatic rings. The summed E-state index contributed by atoms with van der Waals surface area (Å²) in [5, 5.41) is 17.1. The SMILES string of the molecule is NC(=S)NN=CC(O[C@@H](C=NNC(N)=S)CO)n1cnc2c(N)ncnc21. The average molecular weight is 411 g/mol. The van der Waals surface area contributed by atoms with E-state index < -0.39 is 12.3 Å². The lowest BCUT2D eigenvalue weighted by Crippen LogP contribution is -2.30. The number of hydrogen-bond donors (Lipinski definition) is 6. The van der Waals surface area contributed by atoms with E-state index in [1.807, 2.05) is 0 Å². The van der Waals surface area contributed by atoms with Crippen LogP contribution in [0.25, 0.3) is 11.2 Å². The minimum absolute atomic E-state index is 0.0329. The molecular weight excluding hydrogens is 394 g/mol. The first-order valence-electron chi connectivity index (χ1n) is 7.29. The number of aliphatic hydroxyl groups excluding tert-OH is 1. The number of hydrazone groups is 2. The smallest absolute Gasteiger partial charge is 0.184 e. The van der Waals surface area contributed by atoms with Crippen LogP contribution < -0.4 is 28.1 Å². The van der Waals surface area contributed by atoms with Crippen molar-refractivity contribution in [2.24, 2.45) is 21.7 Å². The monoisotopic (exact) mass is 411 g/mol. The van der Waals surface area contributed by atoms with Crippen LogP contribution in [0.15, 0.2) is 22.9 Å². The van der Waals surface area contributed by atoms with Gasteiger partial charge in [0.25, 0.3) is 0 Å². The van der Waals surface area contributed by atoms with E-state index in [4.69, 9.17) is 34.2 Å². The molecule has 0 aliphatic carbocycles. The third kappa shape index (κ3) is 5.74. The van der Waals surface area contributed by atoms with Crippen molar-refractivity contribution in [2.75, 3.05) is 12.3 Å². The molecular formula is C12H17N11O2S2. The molecule has 0 spiro atoms. The number of nitrogens with zero attached hydrogens (tertiary/aromatic N) is 6. The molecule has 0 aromatic carbocycles.